The highest BCUT2D eigenvalue weighted by atomic mass is 19.4. The molecule has 1 heterocycles. The Bertz CT molecular complexity index is 493. The Balaban J connectivity index is 2.14. The monoisotopic (exact) mass is 333 g/mol. The van der Waals surface area contributed by atoms with Crippen molar-refractivity contribution in [3.8, 4) is 0 Å². The molecule has 1 fully saturated rings. The van der Waals surface area contributed by atoms with Crippen LogP contribution in [0.15, 0.2) is 30.3 Å². The summed E-state index contributed by atoms with van der Waals surface area (Å²) in [7, 11) is 0. The number of rotatable bonds is 6. The largest absolute Gasteiger partial charge is 0.396 e. The normalized spacial score (nSPS) is 23.7. The Morgan fingerprint density at radius 3 is 2.43 bits per heavy atom. The molecule has 0 amide bonds. The van der Waals surface area contributed by atoms with Gasteiger partial charge in [0.15, 0.2) is 5.79 Å². The van der Waals surface area contributed by atoms with Crippen LogP contribution in [-0.2, 0) is 16.0 Å². The Hall–Kier alpha value is -1.15. The average molecular weight is 333 g/mol. The molecule has 130 valence electrons. The molecule has 2 N–H and O–H groups in total. The van der Waals surface area contributed by atoms with Crippen LogP contribution < -0.4 is 5.32 Å². The minimum absolute atomic E-state index is 0.0477. The van der Waals surface area contributed by atoms with Crippen LogP contribution in [0.1, 0.15) is 19.4 Å². The molecule has 1 saturated heterocycles. The number of nitrogens with one attached hydrogen (secondary N) is 1. The van der Waals surface area contributed by atoms with Crippen LogP contribution >= 0.6 is 0 Å². The second kappa shape index (κ2) is 7.17. The molecule has 0 unspecified atom stereocenters. The second-order valence-corrected chi connectivity index (χ2v) is 6.09. The Kier molecular flexibility index (Phi) is 5.67. The van der Waals surface area contributed by atoms with E-state index >= 15 is 0 Å². The van der Waals surface area contributed by atoms with Gasteiger partial charge < -0.3 is 19.9 Å². The zero-order chi connectivity index (χ0) is 17.1. The van der Waals surface area contributed by atoms with Gasteiger partial charge in [-0.3, -0.25) is 0 Å². The van der Waals surface area contributed by atoms with Crippen molar-refractivity contribution in [1.82, 2.24) is 5.32 Å². The molecule has 0 aromatic heterocycles. The highest BCUT2D eigenvalue weighted by Crippen LogP contribution is 2.34. The van der Waals surface area contributed by atoms with Crippen molar-refractivity contribution < 1.29 is 27.8 Å². The van der Waals surface area contributed by atoms with Crippen LogP contribution in [0, 0.1) is 5.92 Å². The smallest absolute Gasteiger partial charge is 0.395 e. The molecule has 7 heteroatoms. The summed E-state index contributed by atoms with van der Waals surface area (Å²) in [5, 5.41) is 12.2. The van der Waals surface area contributed by atoms with Gasteiger partial charge in [0.25, 0.3) is 0 Å². The van der Waals surface area contributed by atoms with Gasteiger partial charge in [-0.15, -0.1) is 0 Å². The van der Waals surface area contributed by atoms with Crippen LogP contribution in [-0.4, -0.2) is 42.4 Å². The fraction of sp³-hybridized carbons (Fsp3) is 0.625. The first-order valence-electron chi connectivity index (χ1n) is 7.49. The van der Waals surface area contributed by atoms with Crippen LogP contribution in [0.2, 0.25) is 0 Å². The summed E-state index contributed by atoms with van der Waals surface area (Å²) >= 11 is 0. The number of aliphatic hydroxyl groups excluding tert-OH is 1. The molecule has 0 aliphatic carbocycles. The lowest BCUT2D eigenvalue weighted by atomic mass is 9.94. The maximum absolute atomic E-state index is 13.2. The number of hydrogen-bond donors (Lipinski definition) is 2. The van der Waals surface area contributed by atoms with E-state index in [4.69, 9.17) is 9.47 Å². The van der Waals surface area contributed by atoms with Crippen molar-refractivity contribution in [2.75, 3.05) is 13.2 Å². The standard InChI is InChI=1S/C16H22F3NO3/c1-15(2)22-10-13(23-15)14(12(9-21)16(17,18)19)20-8-11-6-4-3-5-7-11/h3-7,12-14,20-21H,8-10H2,1-2H3/t12-,13-,14+/m0/s1. The molecule has 0 spiro atoms. The molecule has 0 saturated carbocycles. The Morgan fingerprint density at radius 1 is 1.30 bits per heavy atom. The van der Waals surface area contributed by atoms with E-state index < -0.39 is 36.6 Å². The van der Waals surface area contributed by atoms with E-state index in [-0.39, 0.29) is 13.2 Å². The summed E-state index contributed by atoms with van der Waals surface area (Å²) in [5.74, 6) is -2.85. The molecular formula is C16H22F3NO3. The van der Waals surface area contributed by atoms with Gasteiger partial charge in [-0.2, -0.15) is 13.2 Å². The van der Waals surface area contributed by atoms with Crippen molar-refractivity contribution in [2.45, 2.75) is 44.5 Å². The lowest BCUT2D eigenvalue weighted by molar-refractivity contribution is -0.206. The zero-order valence-corrected chi connectivity index (χ0v) is 13.1. The molecule has 0 bridgehead atoms. The van der Waals surface area contributed by atoms with E-state index in [1.165, 1.54) is 0 Å². The summed E-state index contributed by atoms with van der Waals surface area (Å²) in [6, 6.07) is 8.02. The lowest BCUT2D eigenvalue weighted by Gasteiger charge is -2.32. The molecule has 1 aromatic rings. The molecule has 2 rings (SSSR count). The molecular weight excluding hydrogens is 311 g/mol. The van der Waals surface area contributed by atoms with Gasteiger partial charge >= 0.3 is 6.18 Å². The third-order valence-corrected chi connectivity index (χ3v) is 3.87. The van der Waals surface area contributed by atoms with E-state index in [2.05, 4.69) is 5.32 Å². The number of hydrogen-bond acceptors (Lipinski definition) is 4. The first-order valence-corrected chi connectivity index (χ1v) is 7.49. The fourth-order valence-electron chi connectivity index (χ4n) is 2.68. The first kappa shape index (κ1) is 18.2. The van der Waals surface area contributed by atoms with Gasteiger partial charge in [-0.1, -0.05) is 30.3 Å². The third-order valence-electron chi connectivity index (χ3n) is 3.87. The molecule has 1 aromatic carbocycles. The van der Waals surface area contributed by atoms with Crippen LogP contribution in [0.3, 0.4) is 0 Å². The first-order chi connectivity index (χ1) is 10.7. The fourth-order valence-corrected chi connectivity index (χ4v) is 2.68. The molecule has 3 atom stereocenters. The Morgan fingerprint density at radius 2 is 1.96 bits per heavy atom. The van der Waals surface area contributed by atoms with E-state index in [1.807, 2.05) is 30.3 Å². The topological polar surface area (TPSA) is 50.7 Å². The van der Waals surface area contributed by atoms with Gasteiger partial charge in [0.2, 0.25) is 0 Å². The Labute approximate surface area is 133 Å². The van der Waals surface area contributed by atoms with E-state index in [0.29, 0.717) is 0 Å². The van der Waals surface area contributed by atoms with Gasteiger partial charge in [0, 0.05) is 12.6 Å². The van der Waals surface area contributed by atoms with Gasteiger partial charge in [0.05, 0.1) is 19.1 Å². The minimum Gasteiger partial charge on any atom is -0.396 e. The quantitative estimate of drug-likeness (QED) is 0.840. The summed E-state index contributed by atoms with van der Waals surface area (Å²) in [5.41, 5.74) is 0.856. The SMILES string of the molecule is CC1(C)OC[C@@H]([C@H](NCc2ccccc2)[C@H](CO)C(F)(F)F)O1. The number of benzene rings is 1. The summed E-state index contributed by atoms with van der Waals surface area (Å²) < 4.78 is 50.7. The van der Waals surface area contributed by atoms with Crippen LogP contribution in [0.25, 0.3) is 0 Å². The van der Waals surface area contributed by atoms with Gasteiger partial charge in [0.1, 0.15) is 6.10 Å². The van der Waals surface area contributed by atoms with E-state index in [0.717, 1.165) is 5.56 Å². The molecule has 23 heavy (non-hydrogen) atoms. The second-order valence-electron chi connectivity index (χ2n) is 6.09. The van der Waals surface area contributed by atoms with Crippen molar-refractivity contribution in [3.05, 3.63) is 35.9 Å². The number of halogens is 3. The summed E-state index contributed by atoms with van der Waals surface area (Å²) in [6.45, 7) is 2.60. The predicted octanol–water partition coefficient (Wildman–Crippen LogP) is 2.47. The number of aliphatic hydroxyl groups is 1. The zero-order valence-electron chi connectivity index (χ0n) is 13.1. The van der Waals surface area contributed by atoms with Gasteiger partial charge in [-0.25, -0.2) is 0 Å². The lowest BCUT2D eigenvalue weighted by Crippen LogP contribution is -2.53. The highest BCUT2D eigenvalue weighted by Gasteiger charge is 2.50. The molecule has 1 aliphatic rings. The highest BCUT2D eigenvalue weighted by molar-refractivity contribution is 5.14. The minimum atomic E-state index is -4.53. The van der Waals surface area contributed by atoms with Crippen molar-refractivity contribution in [2.24, 2.45) is 5.92 Å². The van der Waals surface area contributed by atoms with Gasteiger partial charge in [-0.05, 0) is 19.4 Å². The van der Waals surface area contributed by atoms with Crippen LogP contribution in [0.4, 0.5) is 13.2 Å². The van der Waals surface area contributed by atoms with E-state index in [1.54, 1.807) is 13.8 Å². The maximum atomic E-state index is 13.2. The summed E-state index contributed by atoms with van der Waals surface area (Å²) in [4.78, 5) is 0. The number of alkyl halides is 3. The average Bonchev–Trinajstić information content (AvgIpc) is 2.83. The molecule has 4 nitrogen and oxygen atoms in total. The third kappa shape index (κ3) is 4.91. The van der Waals surface area contributed by atoms with E-state index in [9.17, 15) is 18.3 Å². The number of ether oxygens (including phenoxy) is 2. The van der Waals surface area contributed by atoms with Crippen LogP contribution in [0.5, 0.6) is 0 Å². The summed E-state index contributed by atoms with van der Waals surface area (Å²) in [6.07, 6.45) is -5.31. The predicted molar refractivity (Wildman–Crippen MR) is 78.6 cm³/mol. The molecule has 0 radical (unpaired) electrons. The van der Waals surface area contributed by atoms with Crippen molar-refractivity contribution in [3.63, 3.8) is 0 Å². The van der Waals surface area contributed by atoms with Crippen molar-refractivity contribution >= 4 is 0 Å². The van der Waals surface area contributed by atoms with Crippen molar-refractivity contribution in [1.29, 1.82) is 0 Å². The molecule has 1 aliphatic heterocycles. The maximum Gasteiger partial charge on any atom is 0.395 e.